The number of likely N-dealkylation sites (tertiary alicyclic amines) is 1. The first kappa shape index (κ1) is 18.4. The standard InChI is InChI=1S/C16H23Cl2N3O2S/c1-20(2)24(22,23)19-16-12-6-7-13(16)10-21(9-12)8-11-4-3-5-14(17)15(11)18/h3-5,12-13,16,19H,6-10H2,1-2H3/t12-,13+,16?. The minimum Gasteiger partial charge on any atom is -0.298 e. The van der Waals surface area contributed by atoms with E-state index in [1.165, 1.54) is 4.31 Å². The van der Waals surface area contributed by atoms with Crippen LogP contribution in [0.2, 0.25) is 10.0 Å². The van der Waals surface area contributed by atoms with Crippen molar-refractivity contribution in [3.05, 3.63) is 33.8 Å². The smallest absolute Gasteiger partial charge is 0.279 e. The second kappa shape index (κ2) is 7.09. The van der Waals surface area contributed by atoms with Gasteiger partial charge in [0.1, 0.15) is 0 Å². The molecule has 24 heavy (non-hydrogen) atoms. The normalized spacial score (nSPS) is 27.8. The van der Waals surface area contributed by atoms with Crippen LogP contribution in [0.25, 0.3) is 0 Å². The summed E-state index contributed by atoms with van der Waals surface area (Å²) in [4.78, 5) is 2.36. The van der Waals surface area contributed by atoms with Gasteiger partial charge in [0.25, 0.3) is 10.2 Å². The van der Waals surface area contributed by atoms with Gasteiger partial charge in [-0.25, -0.2) is 0 Å². The van der Waals surface area contributed by atoms with E-state index in [0.29, 0.717) is 21.9 Å². The van der Waals surface area contributed by atoms with Crippen LogP contribution in [0.3, 0.4) is 0 Å². The summed E-state index contributed by atoms with van der Waals surface area (Å²) in [6, 6.07) is 5.73. The molecule has 5 nitrogen and oxygen atoms in total. The Hall–Kier alpha value is -0.370. The van der Waals surface area contributed by atoms with Crippen molar-refractivity contribution in [3.63, 3.8) is 0 Å². The lowest BCUT2D eigenvalue weighted by Crippen LogP contribution is -2.54. The zero-order valence-corrected chi connectivity index (χ0v) is 16.2. The molecule has 1 aliphatic heterocycles. The summed E-state index contributed by atoms with van der Waals surface area (Å²) in [5.74, 6) is 0.688. The molecule has 2 aliphatic rings. The summed E-state index contributed by atoms with van der Waals surface area (Å²) in [5.41, 5.74) is 1.02. The van der Waals surface area contributed by atoms with E-state index in [9.17, 15) is 8.42 Å². The van der Waals surface area contributed by atoms with E-state index in [4.69, 9.17) is 23.2 Å². The highest BCUT2D eigenvalue weighted by molar-refractivity contribution is 7.87. The molecule has 3 rings (SSSR count). The molecule has 0 aromatic heterocycles. The van der Waals surface area contributed by atoms with Gasteiger partial charge in [-0.2, -0.15) is 17.4 Å². The highest BCUT2D eigenvalue weighted by Gasteiger charge is 2.43. The fraction of sp³-hybridized carbons (Fsp3) is 0.625. The van der Waals surface area contributed by atoms with E-state index in [1.807, 2.05) is 12.1 Å². The average Bonchev–Trinajstić information content (AvgIpc) is 2.74. The van der Waals surface area contributed by atoms with Crippen molar-refractivity contribution < 1.29 is 8.42 Å². The summed E-state index contributed by atoms with van der Waals surface area (Å²) >= 11 is 12.4. The molecule has 1 heterocycles. The molecule has 0 spiro atoms. The van der Waals surface area contributed by atoms with Gasteiger partial charge in [0, 0.05) is 39.8 Å². The Morgan fingerprint density at radius 1 is 1.21 bits per heavy atom. The highest BCUT2D eigenvalue weighted by atomic mass is 35.5. The monoisotopic (exact) mass is 391 g/mol. The lowest BCUT2D eigenvalue weighted by molar-refractivity contribution is 0.133. The fourth-order valence-electron chi connectivity index (χ4n) is 3.83. The maximum Gasteiger partial charge on any atom is 0.279 e. The van der Waals surface area contributed by atoms with E-state index < -0.39 is 10.2 Å². The second-order valence-corrected chi connectivity index (χ2v) is 9.64. The predicted octanol–water partition coefficient (Wildman–Crippen LogP) is 2.60. The minimum absolute atomic E-state index is 0.0310. The van der Waals surface area contributed by atoms with Crippen LogP contribution in [0.15, 0.2) is 18.2 Å². The van der Waals surface area contributed by atoms with Gasteiger partial charge in [-0.05, 0) is 36.3 Å². The van der Waals surface area contributed by atoms with Crippen LogP contribution in [0, 0.1) is 11.8 Å². The van der Waals surface area contributed by atoms with Gasteiger partial charge in [-0.3, -0.25) is 4.90 Å². The Morgan fingerprint density at radius 2 is 1.83 bits per heavy atom. The lowest BCUT2D eigenvalue weighted by atomic mass is 9.93. The summed E-state index contributed by atoms with van der Waals surface area (Å²) in [5, 5.41) is 1.19. The molecule has 8 heteroatoms. The number of rotatable bonds is 5. The van der Waals surface area contributed by atoms with Crippen LogP contribution in [-0.2, 0) is 16.8 Å². The van der Waals surface area contributed by atoms with E-state index in [2.05, 4.69) is 9.62 Å². The van der Waals surface area contributed by atoms with Crippen molar-refractivity contribution in [2.45, 2.75) is 25.4 Å². The summed E-state index contributed by atoms with van der Waals surface area (Å²) < 4.78 is 28.4. The molecule has 0 amide bonds. The van der Waals surface area contributed by atoms with E-state index in [1.54, 1.807) is 20.2 Å². The van der Waals surface area contributed by atoms with E-state index >= 15 is 0 Å². The Labute approximate surface area is 154 Å². The summed E-state index contributed by atoms with van der Waals surface area (Å²) in [6.45, 7) is 2.50. The molecule has 1 aliphatic carbocycles. The number of nitrogens with one attached hydrogen (secondary N) is 1. The number of benzene rings is 1. The molecule has 1 unspecified atom stereocenters. The van der Waals surface area contributed by atoms with Crippen molar-refractivity contribution in [2.24, 2.45) is 11.8 Å². The van der Waals surface area contributed by atoms with Crippen molar-refractivity contribution >= 4 is 33.4 Å². The number of piperidine rings is 1. The van der Waals surface area contributed by atoms with Crippen molar-refractivity contribution in [1.29, 1.82) is 0 Å². The predicted molar refractivity (Wildman–Crippen MR) is 97.5 cm³/mol. The summed E-state index contributed by atoms with van der Waals surface area (Å²) in [7, 11) is -0.274. The van der Waals surface area contributed by atoms with E-state index in [-0.39, 0.29) is 6.04 Å². The number of hydrogen-bond donors (Lipinski definition) is 1. The first-order chi connectivity index (χ1) is 11.3. The third kappa shape index (κ3) is 3.74. The molecule has 1 N–H and O–H groups in total. The van der Waals surface area contributed by atoms with Crippen LogP contribution >= 0.6 is 23.2 Å². The Bertz CT molecular complexity index is 697. The minimum atomic E-state index is -3.39. The molecular weight excluding hydrogens is 369 g/mol. The van der Waals surface area contributed by atoms with Gasteiger partial charge in [0.05, 0.1) is 10.0 Å². The number of hydrogen-bond acceptors (Lipinski definition) is 3. The molecule has 1 aromatic carbocycles. The number of halogens is 2. The number of fused-ring (bicyclic) bond motifs is 2. The topological polar surface area (TPSA) is 52.7 Å². The largest absolute Gasteiger partial charge is 0.298 e. The van der Waals surface area contributed by atoms with Crippen molar-refractivity contribution in [2.75, 3.05) is 27.2 Å². The van der Waals surface area contributed by atoms with Gasteiger partial charge in [-0.15, -0.1) is 0 Å². The van der Waals surface area contributed by atoms with E-state index in [0.717, 1.165) is 38.0 Å². The fourth-order valence-corrected chi connectivity index (χ4v) is 5.15. The van der Waals surface area contributed by atoms with Gasteiger partial charge in [0.15, 0.2) is 0 Å². The van der Waals surface area contributed by atoms with Crippen molar-refractivity contribution in [1.82, 2.24) is 13.9 Å². The Kier molecular flexibility index (Phi) is 5.45. The quantitative estimate of drug-likeness (QED) is 0.838. The number of nitrogens with zero attached hydrogens (tertiary/aromatic N) is 2. The second-order valence-electron chi connectivity index (χ2n) is 6.94. The maximum atomic E-state index is 12.1. The van der Waals surface area contributed by atoms with Gasteiger partial charge >= 0.3 is 0 Å². The zero-order chi connectivity index (χ0) is 17.5. The molecule has 1 aromatic rings. The third-order valence-corrected chi connectivity index (χ3v) is 7.49. The molecule has 1 saturated heterocycles. The summed E-state index contributed by atoms with van der Waals surface area (Å²) in [6.07, 6.45) is 2.12. The molecule has 2 fully saturated rings. The first-order valence-electron chi connectivity index (χ1n) is 8.13. The maximum absolute atomic E-state index is 12.1. The molecule has 2 bridgehead atoms. The lowest BCUT2D eigenvalue weighted by Gasteiger charge is -2.38. The first-order valence-corrected chi connectivity index (χ1v) is 10.3. The Morgan fingerprint density at radius 3 is 2.42 bits per heavy atom. The van der Waals surface area contributed by atoms with Gasteiger partial charge in [-0.1, -0.05) is 35.3 Å². The molecule has 0 radical (unpaired) electrons. The molecule has 1 saturated carbocycles. The molecule has 3 atom stereocenters. The van der Waals surface area contributed by atoms with Crippen LogP contribution in [0.1, 0.15) is 18.4 Å². The van der Waals surface area contributed by atoms with Crippen molar-refractivity contribution in [3.8, 4) is 0 Å². The van der Waals surface area contributed by atoms with Crippen LogP contribution in [0.5, 0.6) is 0 Å². The van der Waals surface area contributed by atoms with Crippen LogP contribution in [-0.4, -0.2) is 50.8 Å². The average molecular weight is 392 g/mol. The highest BCUT2D eigenvalue weighted by Crippen LogP contribution is 2.38. The van der Waals surface area contributed by atoms with Gasteiger partial charge < -0.3 is 0 Å². The zero-order valence-electron chi connectivity index (χ0n) is 13.9. The Balaban J connectivity index is 1.68. The van der Waals surface area contributed by atoms with Crippen LogP contribution < -0.4 is 4.72 Å². The SMILES string of the molecule is CN(C)S(=O)(=O)NC1[C@@H]2CC[C@H]1CN(Cc1cccc(Cl)c1Cl)C2. The molecular formula is C16H23Cl2N3O2S. The van der Waals surface area contributed by atoms with Crippen LogP contribution in [0.4, 0.5) is 0 Å². The van der Waals surface area contributed by atoms with Gasteiger partial charge in [0.2, 0.25) is 0 Å². The molecule has 134 valence electrons. The third-order valence-electron chi connectivity index (χ3n) is 5.10.